The molecule has 0 fully saturated rings. The van der Waals surface area contributed by atoms with E-state index < -0.39 is 23.9 Å². The first-order valence-electron chi connectivity index (χ1n) is 10.5. The summed E-state index contributed by atoms with van der Waals surface area (Å²) in [6.07, 6.45) is 2.33. The highest BCUT2D eigenvalue weighted by molar-refractivity contribution is 5.87. The van der Waals surface area contributed by atoms with Crippen molar-refractivity contribution < 1.29 is 47.6 Å². The maximum atomic E-state index is 11.1. The van der Waals surface area contributed by atoms with E-state index in [1.807, 2.05) is 0 Å². The third-order valence-electron chi connectivity index (χ3n) is 3.41. The largest absolute Gasteiger partial charge is 0.462 e. The van der Waals surface area contributed by atoms with Crippen LogP contribution in [0.2, 0.25) is 0 Å². The second kappa shape index (κ2) is 21.6. The van der Waals surface area contributed by atoms with E-state index >= 15 is 0 Å². The Morgan fingerprint density at radius 3 is 1.47 bits per heavy atom. The zero-order valence-corrected chi connectivity index (χ0v) is 20.3. The smallest absolute Gasteiger partial charge is 0.333 e. The van der Waals surface area contributed by atoms with Crippen LogP contribution in [-0.2, 0) is 47.6 Å². The fourth-order valence-corrected chi connectivity index (χ4v) is 1.63. The van der Waals surface area contributed by atoms with Gasteiger partial charge in [0.15, 0.2) is 0 Å². The minimum absolute atomic E-state index is 0.182. The van der Waals surface area contributed by atoms with Crippen molar-refractivity contribution in [3.63, 3.8) is 0 Å². The summed E-state index contributed by atoms with van der Waals surface area (Å²) in [6, 6.07) is 0. The molecule has 192 valence electrons. The lowest BCUT2D eigenvalue weighted by Gasteiger charge is -2.13. The number of carbonyl (C=O) groups is 4. The molecule has 34 heavy (non-hydrogen) atoms. The van der Waals surface area contributed by atoms with Gasteiger partial charge in [0.05, 0.1) is 33.0 Å². The summed E-state index contributed by atoms with van der Waals surface area (Å²) in [5.74, 6) is -1.81. The van der Waals surface area contributed by atoms with Crippen molar-refractivity contribution in [1.82, 2.24) is 0 Å². The molecule has 0 saturated heterocycles. The summed E-state index contributed by atoms with van der Waals surface area (Å²) < 4.78 is 29.5. The van der Waals surface area contributed by atoms with E-state index in [-0.39, 0.29) is 25.9 Å². The van der Waals surface area contributed by atoms with Gasteiger partial charge in [-0.3, -0.25) is 0 Å². The molecular weight excluding hydrogens is 448 g/mol. The Balaban J connectivity index is 0. The number of hydrogen-bond acceptors (Lipinski definition) is 10. The topological polar surface area (TPSA) is 124 Å². The zero-order valence-electron chi connectivity index (χ0n) is 20.3. The molecule has 0 radical (unpaired) electrons. The van der Waals surface area contributed by atoms with Gasteiger partial charge in [0, 0.05) is 29.7 Å². The van der Waals surface area contributed by atoms with Crippen LogP contribution in [0.5, 0.6) is 0 Å². The molecular formula is C24H36O10. The van der Waals surface area contributed by atoms with Crippen molar-refractivity contribution in [2.75, 3.05) is 46.2 Å². The van der Waals surface area contributed by atoms with E-state index in [0.717, 1.165) is 12.2 Å². The highest BCUT2D eigenvalue weighted by Crippen LogP contribution is 2.03. The highest BCUT2D eigenvalue weighted by Gasteiger charge is 2.11. The SMILES string of the molecule is C=C(C)C(=O)OCCC(C)OC(=O)C(=C)C.C=CC(=O)OCCOCCOCCOC(=O)C=C. The number of ether oxygens (including phenoxy) is 6. The second-order valence-electron chi connectivity index (χ2n) is 6.67. The van der Waals surface area contributed by atoms with Gasteiger partial charge in [-0.05, 0) is 20.8 Å². The van der Waals surface area contributed by atoms with E-state index in [1.165, 1.54) is 0 Å². The Labute approximate surface area is 201 Å². The maximum Gasteiger partial charge on any atom is 0.333 e. The third kappa shape index (κ3) is 22.0. The van der Waals surface area contributed by atoms with Crippen LogP contribution < -0.4 is 0 Å². The molecule has 10 nitrogen and oxygen atoms in total. The van der Waals surface area contributed by atoms with Crippen LogP contribution >= 0.6 is 0 Å². The quantitative estimate of drug-likeness (QED) is 0.132. The second-order valence-corrected chi connectivity index (χ2v) is 6.67. The molecule has 1 unspecified atom stereocenters. The summed E-state index contributed by atoms with van der Waals surface area (Å²) in [5.41, 5.74) is 0.706. The lowest BCUT2D eigenvalue weighted by atomic mass is 10.3. The van der Waals surface area contributed by atoms with Crippen LogP contribution in [-0.4, -0.2) is 76.2 Å². The molecule has 0 aliphatic rings. The number of hydrogen-bond donors (Lipinski definition) is 0. The van der Waals surface area contributed by atoms with Gasteiger partial charge in [-0.2, -0.15) is 0 Å². The molecule has 1 atom stereocenters. The van der Waals surface area contributed by atoms with E-state index in [4.69, 9.17) is 18.9 Å². The van der Waals surface area contributed by atoms with Crippen molar-refractivity contribution >= 4 is 23.9 Å². The molecule has 0 saturated carbocycles. The summed E-state index contributed by atoms with van der Waals surface area (Å²) in [4.78, 5) is 43.4. The van der Waals surface area contributed by atoms with Gasteiger partial charge in [0.1, 0.15) is 19.3 Å². The Hall–Kier alpha value is -3.24. The first-order valence-corrected chi connectivity index (χ1v) is 10.5. The third-order valence-corrected chi connectivity index (χ3v) is 3.41. The van der Waals surface area contributed by atoms with Crippen LogP contribution in [0, 0.1) is 0 Å². The van der Waals surface area contributed by atoms with Crippen LogP contribution in [0.25, 0.3) is 0 Å². The van der Waals surface area contributed by atoms with Gasteiger partial charge < -0.3 is 28.4 Å². The van der Waals surface area contributed by atoms with Crippen LogP contribution in [0.15, 0.2) is 49.6 Å². The number of carbonyl (C=O) groups excluding carboxylic acids is 4. The summed E-state index contributed by atoms with van der Waals surface area (Å²) >= 11 is 0. The lowest BCUT2D eigenvalue weighted by Crippen LogP contribution is -2.18. The molecule has 0 amide bonds. The first-order chi connectivity index (χ1) is 16.0. The van der Waals surface area contributed by atoms with Gasteiger partial charge in [-0.1, -0.05) is 26.3 Å². The standard InChI is InChI=1S/C12H18O6.C12H18O4/c1-3-11(13)17-9-7-15-5-6-16-8-10-18-12(14)4-2;1-8(2)11(13)15-7-6-10(5)16-12(14)9(3)4/h3-4H,1-2,5-10H2;10H,1,3,6-7H2,2,4-5H3. The molecule has 0 spiro atoms. The predicted octanol–water partition coefficient (Wildman–Crippen LogP) is 2.48. The van der Waals surface area contributed by atoms with Gasteiger partial charge in [-0.25, -0.2) is 19.2 Å². The van der Waals surface area contributed by atoms with Gasteiger partial charge >= 0.3 is 23.9 Å². The molecule has 0 aromatic rings. The van der Waals surface area contributed by atoms with E-state index in [2.05, 4.69) is 35.8 Å². The molecule has 0 N–H and O–H groups in total. The lowest BCUT2D eigenvalue weighted by molar-refractivity contribution is -0.145. The summed E-state index contributed by atoms with van der Waals surface area (Å²) in [5, 5.41) is 0. The minimum atomic E-state index is -0.473. The van der Waals surface area contributed by atoms with Gasteiger partial charge in [0.2, 0.25) is 0 Å². The van der Waals surface area contributed by atoms with E-state index in [1.54, 1.807) is 20.8 Å². The molecule has 0 aromatic carbocycles. The van der Waals surface area contributed by atoms with Crippen molar-refractivity contribution in [2.24, 2.45) is 0 Å². The Kier molecular flexibility index (Phi) is 20.9. The highest BCUT2D eigenvalue weighted by atomic mass is 16.6. The van der Waals surface area contributed by atoms with E-state index in [0.29, 0.717) is 44.0 Å². The monoisotopic (exact) mass is 484 g/mol. The summed E-state index contributed by atoms with van der Waals surface area (Å²) in [7, 11) is 0. The molecule has 0 aromatic heterocycles. The minimum Gasteiger partial charge on any atom is -0.462 e. The average molecular weight is 485 g/mol. The van der Waals surface area contributed by atoms with Crippen LogP contribution in [0.1, 0.15) is 27.2 Å². The fourth-order valence-electron chi connectivity index (χ4n) is 1.63. The summed E-state index contributed by atoms with van der Waals surface area (Å²) in [6.45, 7) is 20.2. The molecule has 0 bridgehead atoms. The van der Waals surface area contributed by atoms with Crippen molar-refractivity contribution in [3.05, 3.63) is 49.6 Å². The van der Waals surface area contributed by atoms with Crippen LogP contribution in [0.4, 0.5) is 0 Å². The van der Waals surface area contributed by atoms with Crippen molar-refractivity contribution in [2.45, 2.75) is 33.3 Å². The molecule has 10 heteroatoms. The van der Waals surface area contributed by atoms with Crippen molar-refractivity contribution in [1.29, 1.82) is 0 Å². The molecule has 0 rings (SSSR count). The van der Waals surface area contributed by atoms with Crippen LogP contribution in [0.3, 0.4) is 0 Å². The normalized spacial score (nSPS) is 10.4. The van der Waals surface area contributed by atoms with Gasteiger partial charge in [-0.15, -0.1) is 0 Å². The molecule has 0 aliphatic heterocycles. The average Bonchev–Trinajstić information content (AvgIpc) is 2.79. The first kappa shape index (κ1) is 32.9. The number of esters is 4. The molecule has 0 heterocycles. The Morgan fingerprint density at radius 1 is 0.676 bits per heavy atom. The maximum absolute atomic E-state index is 11.1. The molecule has 0 aliphatic carbocycles. The Bertz CT molecular complexity index is 668. The Morgan fingerprint density at radius 2 is 1.09 bits per heavy atom. The van der Waals surface area contributed by atoms with E-state index in [9.17, 15) is 19.2 Å². The van der Waals surface area contributed by atoms with Crippen molar-refractivity contribution in [3.8, 4) is 0 Å². The van der Waals surface area contributed by atoms with Gasteiger partial charge in [0.25, 0.3) is 0 Å². The zero-order chi connectivity index (χ0) is 26.4. The predicted molar refractivity (Wildman–Crippen MR) is 125 cm³/mol. The number of rotatable bonds is 17. The fraction of sp³-hybridized carbons (Fsp3) is 0.500.